The number of hydrogen-bond acceptors (Lipinski definition) is 4. The summed E-state index contributed by atoms with van der Waals surface area (Å²) in [5.74, 6) is -2.71. The summed E-state index contributed by atoms with van der Waals surface area (Å²) >= 11 is 0. The van der Waals surface area contributed by atoms with Gasteiger partial charge in [-0.1, -0.05) is 45.4 Å². The van der Waals surface area contributed by atoms with Gasteiger partial charge in [-0.15, -0.1) is 0 Å². The lowest BCUT2D eigenvalue weighted by Crippen LogP contribution is -2.11. The molecule has 0 aliphatic heterocycles. The first-order chi connectivity index (χ1) is 11.9. The fraction of sp³-hybridized carbons (Fsp3) is 0.421. The largest absolute Gasteiger partial charge is 0.478 e. The lowest BCUT2D eigenvalue weighted by Gasteiger charge is -2.08. The van der Waals surface area contributed by atoms with Crippen molar-refractivity contribution in [3.63, 3.8) is 0 Å². The summed E-state index contributed by atoms with van der Waals surface area (Å²) in [5, 5.41) is 17.9. The van der Waals surface area contributed by atoms with E-state index in [9.17, 15) is 14.4 Å². The maximum absolute atomic E-state index is 11.0. The van der Waals surface area contributed by atoms with Crippen molar-refractivity contribution in [2.24, 2.45) is 0 Å². The van der Waals surface area contributed by atoms with Crippen LogP contribution < -0.4 is 0 Å². The van der Waals surface area contributed by atoms with Crippen LogP contribution in [0, 0.1) is 0 Å². The Hall–Kier alpha value is -2.63. The summed E-state index contributed by atoms with van der Waals surface area (Å²) in [5.41, 5.74) is 0.374. The van der Waals surface area contributed by atoms with Crippen LogP contribution >= 0.6 is 0 Å². The molecule has 138 valence electrons. The molecule has 1 aromatic carbocycles. The molecule has 1 rings (SSSR count). The van der Waals surface area contributed by atoms with Gasteiger partial charge in [0.2, 0.25) is 0 Å². The van der Waals surface area contributed by atoms with E-state index in [1.807, 2.05) is 13.8 Å². The van der Waals surface area contributed by atoms with Gasteiger partial charge in [0, 0.05) is 6.08 Å². The van der Waals surface area contributed by atoms with E-state index < -0.39 is 11.9 Å². The van der Waals surface area contributed by atoms with Crippen LogP contribution in [-0.2, 0) is 16.0 Å². The van der Waals surface area contributed by atoms with E-state index >= 15 is 0 Å². The van der Waals surface area contributed by atoms with Crippen molar-refractivity contribution < 1.29 is 29.3 Å². The van der Waals surface area contributed by atoms with Gasteiger partial charge in [0.15, 0.2) is 0 Å². The number of hydrogen-bond donors (Lipinski definition) is 2. The smallest absolute Gasteiger partial charge is 0.336 e. The molecular weight excluding hydrogens is 324 g/mol. The van der Waals surface area contributed by atoms with Crippen molar-refractivity contribution in [1.29, 1.82) is 0 Å². The Morgan fingerprint density at radius 3 is 2.20 bits per heavy atom. The predicted octanol–water partition coefficient (Wildman–Crippen LogP) is 3.94. The number of aryl methyl sites for hydroxylation is 1. The molecule has 0 fully saturated rings. The molecule has 0 spiro atoms. The Morgan fingerprint density at radius 1 is 1.08 bits per heavy atom. The zero-order chi connectivity index (χ0) is 19.2. The molecule has 2 N–H and O–H groups in total. The quantitative estimate of drug-likeness (QED) is 0.397. The van der Waals surface area contributed by atoms with Crippen LogP contribution in [0.1, 0.15) is 65.8 Å². The number of unbranched alkanes of at least 4 members (excludes halogenated alkanes) is 2. The molecule has 0 saturated carbocycles. The second kappa shape index (κ2) is 12.8. The van der Waals surface area contributed by atoms with Gasteiger partial charge < -0.3 is 14.9 Å². The number of carbonyl (C=O) groups excluding carboxylic acids is 1. The van der Waals surface area contributed by atoms with Crippen LogP contribution in [0.4, 0.5) is 0 Å². The first-order valence-electron chi connectivity index (χ1n) is 8.26. The number of rotatable bonds is 9. The average Bonchev–Trinajstić information content (AvgIpc) is 2.59. The minimum absolute atomic E-state index is 0.0801. The Bertz CT molecular complexity index is 592. The molecule has 0 aliphatic rings. The Labute approximate surface area is 148 Å². The second-order valence-corrected chi connectivity index (χ2v) is 5.28. The van der Waals surface area contributed by atoms with Crippen molar-refractivity contribution >= 4 is 17.9 Å². The molecule has 0 aromatic heterocycles. The van der Waals surface area contributed by atoms with Crippen molar-refractivity contribution in [2.45, 2.75) is 46.0 Å². The minimum Gasteiger partial charge on any atom is -0.478 e. The third-order valence-electron chi connectivity index (χ3n) is 3.30. The van der Waals surface area contributed by atoms with Crippen molar-refractivity contribution in [3.05, 3.63) is 47.5 Å². The van der Waals surface area contributed by atoms with Crippen LogP contribution in [-0.4, -0.2) is 34.7 Å². The molecule has 25 heavy (non-hydrogen) atoms. The highest BCUT2D eigenvalue weighted by Crippen LogP contribution is 2.17. The van der Waals surface area contributed by atoms with Gasteiger partial charge in [0.25, 0.3) is 0 Å². The Balaban J connectivity index is 0.000000547. The Morgan fingerprint density at radius 2 is 1.72 bits per heavy atom. The van der Waals surface area contributed by atoms with Crippen LogP contribution in [0.3, 0.4) is 0 Å². The normalized spacial score (nSPS) is 9.52. The highest BCUT2D eigenvalue weighted by atomic mass is 16.5. The number of benzene rings is 1. The molecule has 0 atom stereocenters. The van der Waals surface area contributed by atoms with Crippen LogP contribution in [0.15, 0.2) is 30.9 Å². The summed E-state index contributed by atoms with van der Waals surface area (Å²) in [6, 6.07) is 4.58. The summed E-state index contributed by atoms with van der Waals surface area (Å²) in [7, 11) is 0. The Kier molecular flexibility index (Phi) is 11.4. The fourth-order valence-electron chi connectivity index (χ4n) is 1.98. The van der Waals surface area contributed by atoms with Crippen molar-refractivity contribution in [3.8, 4) is 0 Å². The van der Waals surface area contributed by atoms with Gasteiger partial charge in [-0.3, -0.25) is 0 Å². The van der Waals surface area contributed by atoms with Gasteiger partial charge in [-0.25, -0.2) is 14.4 Å². The van der Waals surface area contributed by atoms with Gasteiger partial charge in [-0.05, 0) is 30.9 Å². The van der Waals surface area contributed by atoms with Gasteiger partial charge in [0.1, 0.15) is 0 Å². The monoisotopic (exact) mass is 350 g/mol. The van der Waals surface area contributed by atoms with Crippen molar-refractivity contribution in [2.75, 3.05) is 6.61 Å². The number of ether oxygens (including phenoxy) is 1. The first-order valence-corrected chi connectivity index (χ1v) is 8.26. The lowest BCUT2D eigenvalue weighted by molar-refractivity contribution is -0.137. The number of aromatic carboxylic acids is 2. The number of esters is 1. The molecule has 0 aliphatic carbocycles. The number of carbonyl (C=O) groups is 3. The van der Waals surface area contributed by atoms with E-state index in [1.54, 1.807) is 12.1 Å². The van der Waals surface area contributed by atoms with Crippen molar-refractivity contribution in [1.82, 2.24) is 0 Å². The fourth-order valence-corrected chi connectivity index (χ4v) is 1.98. The summed E-state index contributed by atoms with van der Waals surface area (Å²) in [6.07, 6.45) is 5.54. The summed E-state index contributed by atoms with van der Waals surface area (Å²) in [6.45, 7) is 7.82. The summed E-state index contributed by atoms with van der Waals surface area (Å²) < 4.78 is 4.67. The van der Waals surface area contributed by atoms with Gasteiger partial charge in [0.05, 0.1) is 17.7 Å². The van der Waals surface area contributed by atoms with E-state index in [1.165, 1.54) is 12.1 Å². The molecular formula is C19H26O6. The number of carboxylic acids is 2. The second-order valence-electron chi connectivity index (χ2n) is 5.28. The third-order valence-corrected chi connectivity index (χ3v) is 3.30. The van der Waals surface area contributed by atoms with E-state index in [4.69, 9.17) is 10.2 Å². The highest BCUT2D eigenvalue weighted by Gasteiger charge is 2.19. The number of carboxylic acid groups (broad SMARTS) is 2. The third kappa shape index (κ3) is 8.69. The average molecular weight is 350 g/mol. The van der Waals surface area contributed by atoms with Crippen LogP contribution in [0.5, 0.6) is 0 Å². The molecule has 0 unspecified atom stereocenters. The summed E-state index contributed by atoms with van der Waals surface area (Å²) in [4.78, 5) is 32.3. The maximum atomic E-state index is 11.0. The molecule has 0 radical (unpaired) electrons. The maximum Gasteiger partial charge on any atom is 0.336 e. The minimum atomic E-state index is -1.20. The molecule has 0 bridgehead atoms. The van der Waals surface area contributed by atoms with Crippen LogP contribution in [0.2, 0.25) is 0 Å². The highest BCUT2D eigenvalue weighted by molar-refractivity contribution is 6.02. The van der Waals surface area contributed by atoms with Crippen LogP contribution in [0.25, 0.3) is 0 Å². The van der Waals surface area contributed by atoms with E-state index in [0.29, 0.717) is 18.6 Å². The van der Waals surface area contributed by atoms with E-state index in [0.717, 1.165) is 25.7 Å². The first kappa shape index (κ1) is 22.4. The topological polar surface area (TPSA) is 101 Å². The zero-order valence-electron chi connectivity index (χ0n) is 14.8. The SMILES string of the molecule is C=CC(=O)OCCCC.CCCCc1cccc(C(=O)O)c1C(=O)O. The molecule has 6 heteroatoms. The lowest BCUT2D eigenvalue weighted by atomic mass is 9.97. The molecule has 6 nitrogen and oxygen atoms in total. The van der Waals surface area contributed by atoms with E-state index in [2.05, 4.69) is 11.3 Å². The molecule has 1 aromatic rings. The zero-order valence-corrected chi connectivity index (χ0v) is 14.8. The molecule has 0 heterocycles. The molecule has 0 amide bonds. The predicted molar refractivity (Wildman–Crippen MR) is 95.0 cm³/mol. The molecule has 0 saturated heterocycles. The van der Waals surface area contributed by atoms with Gasteiger partial charge in [-0.2, -0.15) is 0 Å². The van der Waals surface area contributed by atoms with Gasteiger partial charge >= 0.3 is 17.9 Å². The van der Waals surface area contributed by atoms with E-state index in [-0.39, 0.29) is 17.1 Å². The standard InChI is InChI=1S/C12H14O4.C7H12O2/c1-2-3-5-8-6-4-7-9(11(13)14)10(8)12(15)16;1-3-5-6-9-7(8)4-2/h4,6-7H,2-3,5H2,1H3,(H,13,14)(H,15,16);4H,2-3,5-6H2,1H3.